The first-order valence-corrected chi connectivity index (χ1v) is 7.00. The molecule has 2 N–H and O–H groups in total. The molecule has 1 aromatic carbocycles. The predicted molar refractivity (Wildman–Crippen MR) is 74.7 cm³/mol. The maximum atomic E-state index is 12.1. The van der Waals surface area contributed by atoms with E-state index in [1.165, 1.54) is 0 Å². The van der Waals surface area contributed by atoms with E-state index in [1.54, 1.807) is 7.11 Å². The molecule has 0 radical (unpaired) electrons. The topological polar surface area (TPSA) is 52.3 Å². The van der Waals surface area contributed by atoms with Crippen LogP contribution in [0.5, 0.6) is 5.75 Å². The zero-order valence-corrected chi connectivity index (χ0v) is 12.1. The van der Waals surface area contributed by atoms with E-state index in [9.17, 15) is 4.79 Å². The van der Waals surface area contributed by atoms with Gasteiger partial charge in [0.2, 0.25) is 0 Å². The lowest BCUT2D eigenvalue weighted by Crippen LogP contribution is -2.19. The summed E-state index contributed by atoms with van der Waals surface area (Å²) in [6.45, 7) is 0. The monoisotopic (exact) mass is 311 g/mol. The Bertz CT molecular complexity index is 447. The molecule has 1 aromatic rings. The summed E-state index contributed by atoms with van der Waals surface area (Å²) in [5.74, 6) is 1.25. The minimum atomic E-state index is 0.154. The molecule has 1 saturated carbocycles. The minimum absolute atomic E-state index is 0.154. The Hall–Kier alpha value is -0.870. The second-order valence-electron chi connectivity index (χ2n) is 4.88. The molecule has 0 heterocycles. The molecule has 0 aromatic heterocycles. The lowest BCUT2D eigenvalue weighted by molar-refractivity contribution is -0.122. The smallest absolute Gasteiger partial charge is 0.140 e. The molecule has 2 unspecified atom stereocenters. The van der Waals surface area contributed by atoms with Crippen molar-refractivity contribution in [3.63, 3.8) is 0 Å². The lowest BCUT2D eigenvalue weighted by atomic mass is 9.96. The molecular weight excluding hydrogens is 294 g/mol. The Labute approximate surface area is 116 Å². The number of benzene rings is 1. The van der Waals surface area contributed by atoms with Gasteiger partial charge >= 0.3 is 0 Å². The molecule has 0 spiro atoms. The van der Waals surface area contributed by atoms with Crippen molar-refractivity contribution >= 4 is 21.7 Å². The molecule has 3 nitrogen and oxygen atoms in total. The van der Waals surface area contributed by atoms with E-state index >= 15 is 0 Å². The Morgan fingerprint density at radius 2 is 2.28 bits per heavy atom. The minimum Gasteiger partial charge on any atom is -0.496 e. The number of Topliss-reactive ketones (excluding diaryl/α,β-unsaturated/α-hetero) is 1. The van der Waals surface area contributed by atoms with Gasteiger partial charge in [0, 0.05) is 18.4 Å². The molecule has 4 heteroatoms. The van der Waals surface area contributed by atoms with Crippen LogP contribution in [0.15, 0.2) is 22.7 Å². The molecule has 0 saturated heterocycles. The van der Waals surface area contributed by atoms with Gasteiger partial charge in [-0.15, -0.1) is 0 Å². The Morgan fingerprint density at radius 3 is 2.83 bits per heavy atom. The van der Waals surface area contributed by atoms with E-state index in [0.29, 0.717) is 12.2 Å². The normalized spacial score (nSPS) is 23.1. The Balaban J connectivity index is 2.01. The van der Waals surface area contributed by atoms with Crippen molar-refractivity contribution in [2.24, 2.45) is 11.7 Å². The van der Waals surface area contributed by atoms with Crippen LogP contribution in [0.1, 0.15) is 24.8 Å². The molecule has 0 aliphatic heterocycles. The quantitative estimate of drug-likeness (QED) is 0.930. The fourth-order valence-corrected chi connectivity index (χ4v) is 3.06. The first kappa shape index (κ1) is 13.6. The summed E-state index contributed by atoms with van der Waals surface area (Å²) in [6.07, 6.45) is 3.25. The second kappa shape index (κ2) is 5.85. The third-order valence-corrected chi connectivity index (χ3v) is 4.14. The maximum absolute atomic E-state index is 12.1. The highest BCUT2D eigenvalue weighted by Crippen LogP contribution is 2.28. The van der Waals surface area contributed by atoms with Gasteiger partial charge in [0.1, 0.15) is 11.5 Å². The number of nitrogens with two attached hydrogens (primary N) is 1. The van der Waals surface area contributed by atoms with Crippen molar-refractivity contribution in [1.29, 1.82) is 0 Å². The number of hydrogen-bond donors (Lipinski definition) is 1. The summed E-state index contributed by atoms with van der Waals surface area (Å²) in [6, 6.07) is 5.98. The summed E-state index contributed by atoms with van der Waals surface area (Å²) in [4.78, 5) is 12.1. The van der Waals surface area contributed by atoms with Crippen molar-refractivity contribution < 1.29 is 9.53 Å². The number of ether oxygens (including phenoxy) is 1. The fourth-order valence-electron chi connectivity index (χ4n) is 2.47. The number of ketones is 1. The second-order valence-corrected chi connectivity index (χ2v) is 5.74. The SMILES string of the molecule is COc1ccc(CC(=O)C2CCC(N)C2)cc1Br. The summed E-state index contributed by atoms with van der Waals surface area (Å²) in [5, 5.41) is 0. The van der Waals surface area contributed by atoms with Gasteiger partial charge in [0.15, 0.2) is 0 Å². The average molecular weight is 312 g/mol. The number of rotatable bonds is 4. The highest BCUT2D eigenvalue weighted by Gasteiger charge is 2.27. The molecule has 0 bridgehead atoms. The number of halogens is 1. The Kier molecular flexibility index (Phi) is 4.40. The molecular formula is C14H18BrNO2. The maximum Gasteiger partial charge on any atom is 0.140 e. The van der Waals surface area contributed by atoms with Crippen LogP contribution in [0.4, 0.5) is 0 Å². The van der Waals surface area contributed by atoms with E-state index in [0.717, 1.165) is 35.0 Å². The van der Waals surface area contributed by atoms with Gasteiger partial charge in [-0.1, -0.05) is 6.07 Å². The predicted octanol–water partition coefficient (Wildman–Crippen LogP) is 2.70. The highest BCUT2D eigenvalue weighted by molar-refractivity contribution is 9.10. The van der Waals surface area contributed by atoms with Gasteiger partial charge in [-0.3, -0.25) is 4.79 Å². The van der Waals surface area contributed by atoms with Crippen molar-refractivity contribution in [3.05, 3.63) is 28.2 Å². The number of methoxy groups -OCH3 is 1. The van der Waals surface area contributed by atoms with Crippen molar-refractivity contribution in [2.75, 3.05) is 7.11 Å². The van der Waals surface area contributed by atoms with E-state index in [4.69, 9.17) is 10.5 Å². The third-order valence-electron chi connectivity index (χ3n) is 3.52. The van der Waals surface area contributed by atoms with Crippen LogP contribution in [0.3, 0.4) is 0 Å². The van der Waals surface area contributed by atoms with Crippen LogP contribution in [-0.2, 0) is 11.2 Å². The van der Waals surface area contributed by atoms with Gasteiger partial charge in [-0.05, 0) is 52.9 Å². The first-order chi connectivity index (χ1) is 8.60. The van der Waals surface area contributed by atoms with E-state index in [2.05, 4.69) is 15.9 Å². The molecule has 1 aliphatic carbocycles. The van der Waals surface area contributed by atoms with E-state index in [-0.39, 0.29) is 12.0 Å². The van der Waals surface area contributed by atoms with Gasteiger partial charge in [0.05, 0.1) is 11.6 Å². The van der Waals surface area contributed by atoms with Crippen LogP contribution < -0.4 is 10.5 Å². The molecule has 1 aliphatic rings. The Morgan fingerprint density at radius 1 is 1.50 bits per heavy atom. The standard InChI is InChI=1S/C14H18BrNO2/c1-18-14-5-2-9(6-12(14)15)7-13(17)10-3-4-11(16)8-10/h2,5-6,10-11H,3-4,7-8,16H2,1H3. The molecule has 2 atom stereocenters. The van der Waals surface area contributed by atoms with Gasteiger partial charge in [0.25, 0.3) is 0 Å². The number of hydrogen-bond acceptors (Lipinski definition) is 3. The summed E-state index contributed by atoms with van der Waals surface area (Å²) in [5.41, 5.74) is 6.86. The summed E-state index contributed by atoms with van der Waals surface area (Å²) < 4.78 is 6.06. The van der Waals surface area contributed by atoms with Gasteiger partial charge < -0.3 is 10.5 Å². The average Bonchev–Trinajstić information content (AvgIpc) is 2.76. The zero-order valence-electron chi connectivity index (χ0n) is 10.5. The van der Waals surface area contributed by atoms with Crippen LogP contribution in [0.2, 0.25) is 0 Å². The van der Waals surface area contributed by atoms with E-state index in [1.807, 2.05) is 18.2 Å². The molecule has 0 amide bonds. The summed E-state index contributed by atoms with van der Waals surface area (Å²) >= 11 is 3.43. The van der Waals surface area contributed by atoms with Crippen molar-refractivity contribution in [2.45, 2.75) is 31.7 Å². The van der Waals surface area contributed by atoms with Gasteiger partial charge in [-0.2, -0.15) is 0 Å². The number of carbonyl (C=O) groups excluding carboxylic acids is 1. The van der Waals surface area contributed by atoms with Crippen LogP contribution in [-0.4, -0.2) is 18.9 Å². The number of carbonyl (C=O) groups is 1. The molecule has 98 valence electrons. The third kappa shape index (κ3) is 3.12. The van der Waals surface area contributed by atoms with Crippen LogP contribution in [0, 0.1) is 5.92 Å². The van der Waals surface area contributed by atoms with E-state index < -0.39 is 0 Å². The highest BCUT2D eigenvalue weighted by atomic mass is 79.9. The van der Waals surface area contributed by atoms with Crippen LogP contribution >= 0.6 is 15.9 Å². The molecule has 18 heavy (non-hydrogen) atoms. The molecule has 2 rings (SSSR count). The molecule has 1 fully saturated rings. The van der Waals surface area contributed by atoms with Crippen molar-refractivity contribution in [1.82, 2.24) is 0 Å². The first-order valence-electron chi connectivity index (χ1n) is 6.21. The lowest BCUT2D eigenvalue weighted by Gasteiger charge is -2.10. The zero-order chi connectivity index (χ0) is 13.1. The summed E-state index contributed by atoms with van der Waals surface area (Å²) in [7, 11) is 1.63. The largest absolute Gasteiger partial charge is 0.496 e. The van der Waals surface area contributed by atoms with Crippen LogP contribution in [0.25, 0.3) is 0 Å². The fraction of sp³-hybridized carbons (Fsp3) is 0.500. The van der Waals surface area contributed by atoms with Gasteiger partial charge in [-0.25, -0.2) is 0 Å². The van der Waals surface area contributed by atoms with Crippen molar-refractivity contribution in [3.8, 4) is 5.75 Å².